The van der Waals surface area contributed by atoms with Gasteiger partial charge < -0.3 is 10.8 Å². The van der Waals surface area contributed by atoms with E-state index in [1.165, 1.54) is 0 Å². The zero-order valence-electron chi connectivity index (χ0n) is 8.60. The second-order valence-electron chi connectivity index (χ2n) is 3.58. The Bertz CT molecular complexity index is 482. The number of aliphatic hydroxyl groups is 1. The fourth-order valence-electron chi connectivity index (χ4n) is 1.58. The number of aliphatic hydroxyl groups excluding tert-OH is 1. The van der Waals surface area contributed by atoms with Crippen molar-refractivity contribution in [3.63, 3.8) is 0 Å². The van der Waals surface area contributed by atoms with Crippen molar-refractivity contribution in [1.82, 2.24) is 0 Å². The summed E-state index contributed by atoms with van der Waals surface area (Å²) in [5.41, 5.74) is 7.88. The van der Waals surface area contributed by atoms with Crippen molar-refractivity contribution in [1.29, 1.82) is 0 Å². The molecule has 2 rings (SSSR count). The molecule has 0 saturated heterocycles. The molecule has 3 N–H and O–H groups in total. The summed E-state index contributed by atoms with van der Waals surface area (Å²) < 4.78 is 0. The lowest BCUT2D eigenvalue weighted by atomic mass is 10.0. The van der Waals surface area contributed by atoms with Gasteiger partial charge in [0.05, 0.1) is 0 Å². The van der Waals surface area contributed by atoms with Gasteiger partial charge in [0.15, 0.2) is 0 Å². The van der Waals surface area contributed by atoms with Gasteiger partial charge in [-0.1, -0.05) is 41.9 Å². The minimum Gasteiger partial charge on any atom is -0.398 e. The van der Waals surface area contributed by atoms with E-state index in [0.29, 0.717) is 16.3 Å². The normalized spacial score (nSPS) is 12.4. The number of nitrogen functional groups attached to an aromatic ring is 1. The van der Waals surface area contributed by atoms with Crippen LogP contribution in [0, 0.1) is 0 Å². The molecule has 0 aliphatic rings. The topological polar surface area (TPSA) is 46.2 Å². The van der Waals surface area contributed by atoms with Crippen molar-refractivity contribution in [3.8, 4) is 0 Å². The zero-order valence-corrected chi connectivity index (χ0v) is 9.35. The van der Waals surface area contributed by atoms with Gasteiger partial charge in [0.25, 0.3) is 0 Å². The highest BCUT2D eigenvalue weighted by atomic mass is 35.5. The van der Waals surface area contributed by atoms with Crippen LogP contribution in [0.5, 0.6) is 0 Å². The molecule has 0 aromatic heterocycles. The van der Waals surface area contributed by atoms with Crippen molar-refractivity contribution in [2.45, 2.75) is 6.10 Å². The first-order chi connectivity index (χ1) is 7.68. The SMILES string of the molecule is Nc1ccccc1[C@@H](O)c1ccc(Cl)cc1. The van der Waals surface area contributed by atoms with Crippen LogP contribution in [0.2, 0.25) is 5.02 Å². The first-order valence-corrected chi connectivity index (χ1v) is 5.34. The quantitative estimate of drug-likeness (QED) is 0.784. The molecular formula is C13H12ClNO. The number of hydrogen-bond donors (Lipinski definition) is 2. The number of hydrogen-bond acceptors (Lipinski definition) is 2. The molecule has 0 aliphatic heterocycles. The number of rotatable bonds is 2. The van der Waals surface area contributed by atoms with E-state index in [0.717, 1.165) is 5.56 Å². The Balaban J connectivity index is 2.35. The molecule has 2 aromatic carbocycles. The first kappa shape index (κ1) is 11.0. The molecular weight excluding hydrogens is 222 g/mol. The maximum absolute atomic E-state index is 10.1. The van der Waals surface area contributed by atoms with Crippen molar-refractivity contribution >= 4 is 17.3 Å². The maximum atomic E-state index is 10.1. The van der Waals surface area contributed by atoms with Crippen molar-refractivity contribution in [2.75, 3.05) is 5.73 Å². The highest BCUT2D eigenvalue weighted by Gasteiger charge is 2.12. The van der Waals surface area contributed by atoms with E-state index < -0.39 is 6.10 Å². The summed E-state index contributed by atoms with van der Waals surface area (Å²) in [4.78, 5) is 0. The van der Waals surface area contributed by atoms with E-state index in [1.54, 1.807) is 30.3 Å². The zero-order chi connectivity index (χ0) is 11.5. The highest BCUT2D eigenvalue weighted by Crippen LogP contribution is 2.26. The van der Waals surface area contributed by atoms with Crippen LogP contribution in [0.1, 0.15) is 17.2 Å². The maximum Gasteiger partial charge on any atom is 0.106 e. The average Bonchev–Trinajstić information content (AvgIpc) is 2.30. The van der Waals surface area contributed by atoms with E-state index in [9.17, 15) is 5.11 Å². The smallest absolute Gasteiger partial charge is 0.106 e. The van der Waals surface area contributed by atoms with E-state index >= 15 is 0 Å². The highest BCUT2D eigenvalue weighted by molar-refractivity contribution is 6.30. The predicted molar refractivity (Wildman–Crippen MR) is 66.4 cm³/mol. The summed E-state index contributed by atoms with van der Waals surface area (Å²) in [5.74, 6) is 0. The van der Waals surface area contributed by atoms with Crippen LogP contribution < -0.4 is 5.73 Å². The monoisotopic (exact) mass is 233 g/mol. The van der Waals surface area contributed by atoms with Crippen LogP contribution in [0.15, 0.2) is 48.5 Å². The van der Waals surface area contributed by atoms with Gasteiger partial charge in [0.2, 0.25) is 0 Å². The van der Waals surface area contributed by atoms with E-state index in [-0.39, 0.29) is 0 Å². The summed E-state index contributed by atoms with van der Waals surface area (Å²) in [6, 6.07) is 14.4. The Hall–Kier alpha value is -1.51. The molecule has 16 heavy (non-hydrogen) atoms. The number of nitrogens with two attached hydrogens (primary N) is 1. The minimum atomic E-state index is -0.710. The van der Waals surface area contributed by atoms with Gasteiger partial charge in [-0.15, -0.1) is 0 Å². The van der Waals surface area contributed by atoms with E-state index in [4.69, 9.17) is 17.3 Å². The van der Waals surface area contributed by atoms with Crippen LogP contribution in [-0.4, -0.2) is 5.11 Å². The van der Waals surface area contributed by atoms with Gasteiger partial charge in [-0.2, -0.15) is 0 Å². The summed E-state index contributed by atoms with van der Waals surface area (Å²) in [6.07, 6.45) is -0.710. The second-order valence-corrected chi connectivity index (χ2v) is 4.02. The van der Waals surface area contributed by atoms with Crippen molar-refractivity contribution < 1.29 is 5.11 Å². The van der Waals surface area contributed by atoms with Crippen LogP contribution >= 0.6 is 11.6 Å². The lowest BCUT2D eigenvalue weighted by molar-refractivity contribution is 0.221. The lowest BCUT2D eigenvalue weighted by Gasteiger charge is -2.13. The standard InChI is InChI=1S/C13H12ClNO/c14-10-7-5-9(6-8-10)13(16)11-3-1-2-4-12(11)15/h1-8,13,16H,15H2/t13-/m0/s1. The molecule has 0 spiro atoms. The summed E-state index contributed by atoms with van der Waals surface area (Å²) in [5, 5.41) is 10.8. The fourth-order valence-corrected chi connectivity index (χ4v) is 1.71. The van der Waals surface area contributed by atoms with Crippen LogP contribution in [-0.2, 0) is 0 Å². The molecule has 0 bridgehead atoms. The van der Waals surface area contributed by atoms with Gasteiger partial charge in [-0.3, -0.25) is 0 Å². The molecule has 0 heterocycles. The molecule has 2 aromatic rings. The third kappa shape index (κ3) is 2.18. The Morgan fingerprint density at radius 3 is 2.25 bits per heavy atom. The molecule has 0 fully saturated rings. The van der Waals surface area contributed by atoms with Gasteiger partial charge in [0.1, 0.15) is 6.10 Å². The first-order valence-electron chi connectivity index (χ1n) is 4.96. The van der Waals surface area contributed by atoms with Gasteiger partial charge in [-0.25, -0.2) is 0 Å². The third-order valence-electron chi connectivity index (χ3n) is 2.48. The van der Waals surface area contributed by atoms with E-state index in [1.807, 2.05) is 18.2 Å². The van der Waals surface area contributed by atoms with Gasteiger partial charge in [-0.05, 0) is 23.8 Å². The third-order valence-corrected chi connectivity index (χ3v) is 2.73. The van der Waals surface area contributed by atoms with Gasteiger partial charge >= 0.3 is 0 Å². The number of anilines is 1. The average molecular weight is 234 g/mol. The fraction of sp³-hybridized carbons (Fsp3) is 0.0769. The molecule has 0 unspecified atom stereocenters. The van der Waals surface area contributed by atoms with Crippen LogP contribution in [0.3, 0.4) is 0 Å². The Morgan fingerprint density at radius 2 is 1.62 bits per heavy atom. The molecule has 0 saturated carbocycles. The molecule has 82 valence electrons. The minimum absolute atomic E-state index is 0.588. The van der Waals surface area contributed by atoms with Crippen LogP contribution in [0.25, 0.3) is 0 Å². The Labute approximate surface area is 99.3 Å². The largest absolute Gasteiger partial charge is 0.398 e. The summed E-state index contributed by atoms with van der Waals surface area (Å²) in [7, 11) is 0. The van der Waals surface area contributed by atoms with Crippen molar-refractivity contribution in [3.05, 3.63) is 64.7 Å². The molecule has 0 amide bonds. The number of halogens is 1. The molecule has 2 nitrogen and oxygen atoms in total. The van der Waals surface area contributed by atoms with Gasteiger partial charge in [0, 0.05) is 16.3 Å². The number of benzene rings is 2. The number of para-hydroxylation sites is 1. The van der Waals surface area contributed by atoms with Crippen LogP contribution in [0.4, 0.5) is 5.69 Å². The van der Waals surface area contributed by atoms with Crippen molar-refractivity contribution in [2.24, 2.45) is 0 Å². The Kier molecular flexibility index (Phi) is 3.13. The molecule has 0 radical (unpaired) electrons. The molecule has 3 heteroatoms. The van der Waals surface area contributed by atoms with E-state index in [2.05, 4.69) is 0 Å². The summed E-state index contributed by atoms with van der Waals surface area (Å²) in [6.45, 7) is 0. The Morgan fingerprint density at radius 1 is 1.00 bits per heavy atom. The summed E-state index contributed by atoms with van der Waals surface area (Å²) >= 11 is 5.79. The predicted octanol–water partition coefficient (Wildman–Crippen LogP) is 3.00. The molecule has 1 atom stereocenters. The lowest BCUT2D eigenvalue weighted by Crippen LogP contribution is -2.03. The second kappa shape index (κ2) is 4.56. The molecule has 0 aliphatic carbocycles.